The number of nitrogens with zero attached hydrogens (tertiary/aromatic N) is 2. The molecule has 2 nitrogen and oxygen atoms in total. The lowest BCUT2D eigenvalue weighted by atomic mass is 9.82. The van der Waals surface area contributed by atoms with E-state index in [1.165, 1.54) is 88.5 Å². The van der Waals surface area contributed by atoms with E-state index in [0.29, 0.717) is 0 Å². The van der Waals surface area contributed by atoms with E-state index in [0.717, 1.165) is 0 Å². The quantitative estimate of drug-likeness (QED) is 0.189. The molecule has 0 spiro atoms. The maximum absolute atomic E-state index is 2.56. The molecule has 6 aromatic carbocycles. The van der Waals surface area contributed by atoms with Crippen LogP contribution in [-0.4, -0.2) is 0 Å². The SMILES string of the molecule is Cc1c2c(cc3ccccc13)N1c3ccccc3-c3cccc4cccc(c34)-c3ccc4cc[n+](C)c-2c4c31. The number of pyridine rings is 1. The second-order valence-corrected chi connectivity index (χ2v) is 10.9. The highest BCUT2D eigenvalue weighted by atomic mass is 15.2. The van der Waals surface area contributed by atoms with Gasteiger partial charge in [0, 0.05) is 17.2 Å². The van der Waals surface area contributed by atoms with Gasteiger partial charge in [-0.3, -0.25) is 0 Å². The van der Waals surface area contributed by atoms with Gasteiger partial charge in [-0.15, -0.1) is 0 Å². The van der Waals surface area contributed by atoms with E-state index in [9.17, 15) is 0 Å². The van der Waals surface area contributed by atoms with Gasteiger partial charge in [0.1, 0.15) is 7.05 Å². The summed E-state index contributed by atoms with van der Waals surface area (Å²) in [5.41, 5.74) is 12.8. The molecule has 0 saturated carbocycles. The summed E-state index contributed by atoms with van der Waals surface area (Å²) in [7, 11) is 2.19. The largest absolute Gasteiger partial charge is 0.307 e. The number of anilines is 3. The Kier molecular flexibility index (Phi) is 3.95. The van der Waals surface area contributed by atoms with E-state index >= 15 is 0 Å². The lowest BCUT2D eigenvalue weighted by Gasteiger charge is -2.37. The minimum absolute atomic E-state index is 1.22. The summed E-state index contributed by atoms with van der Waals surface area (Å²) in [6.07, 6.45) is 2.21. The molecule has 0 unspecified atom stereocenters. The summed E-state index contributed by atoms with van der Waals surface area (Å²) < 4.78 is 2.32. The number of benzene rings is 6. The van der Waals surface area contributed by atoms with Gasteiger partial charge < -0.3 is 4.90 Å². The number of aromatic nitrogens is 1. The molecule has 182 valence electrons. The zero-order chi connectivity index (χ0) is 25.8. The van der Waals surface area contributed by atoms with Crippen LogP contribution in [0.25, 0.3) is 65.8 Å². The normalized spacial score (nSPS) is 12.8. The van der Waals surface area contributed by atoms with E-state index in [2.05, 4.69) is 139 Å². The summed E-state index contributed by atoms with van der Waals surface area (Å²) in [5.74, 6) is 0. The van der Waals surface area contributed by atoms with Crippen LogP contribution >= 0.6 is 0 Å². The first-order valence-electron chi connectivity index (χ1n) is 13.6. The predicted molar refractivity (Wildman–Crippen MR) is 163 cm³/mol. The molecule has 0 saturated heterocycles. The van der Waals surface area contributed by atoms with Crippen molar-refractivity contribution in [3.8, 4) is 33.5 Å². The van der Waals surface area contributed by atoms with Gasteiger partial charge in [0.2, 0.25) is 5.69 Å². The molecule has 3 heterocycles. The van der Waals surface area contributed by atoms with Crippen LogP contribution in [0.1, 0.15) is 5.56 Å². The average Bonchev–Trinajstić information content (AvgIpc) is 2.97. The molecule has 0 bridgehead atoms. The first kappa shape index (κ1) is 21.0. The van der Waals surface area contributed by atoms with Crippen LogP contribution in [0, 0.1) is 6.92 Å². The molecule has 0 amide bonds. The number of para-hydroxylation sites is 1. The van der Waals surface area contributed by atoms with Crippen molar-refractivity contribution in [1.29, 1.82) is 0 Å². The molecule has 39 heavy (non-hydrogen) atoms. The van der Waals surface area contributed by atoms with Gasteiger partial charge in [-0.05, 0) is 62.7 Å². The van der Waals surface area contributed by atoms with Crippen molar-refractivity contribution in [1.82, 2.24) is 0 Å². The van der Waals surface area contributed by atoms with E-state index in [-0.39, 0.29) is 0 Å². The van der Waals surface area contributed by atoms with Gasteiger partial charge in [0.05, 0.1) is 28.0 Å². The molecule has 0 radical (unpaired) electrons. The summed E-state index contributed by atoms with van der Waals surface area (Å²) >= 11 is 0. The Morgan fingerprint density at radius 3 is 2.13 bits per heavy atom. The summed E-state index contributed by atoms with van der Waals surface area (Å²) in [6, 6.07) is 40.6. The third-order valence-corrected chi connectivity index (χ3v) is 8.90. The van der Waals surface area contributed by atoms with Crippen molar-refractivity contribution in [3.05, 3.63) is 121 Å². The van der Waals surface area contributed by atoms with Crippen LogP contribution in [-0.2, 0) is 7.05 Å². The zero-order valence-electron chi connectivity index (χ0n) is 21.9. The van der Waals surface area contributed by atoms with Crippen molar-refractivity contribution in [2.75, 3.05) is 4.90 Å². The zero-order valence-corrected chi connectivity index (χ0v) is 21.9. The van der Waals surface area contributed by atoms with E-state index in [4.69, 9.17) is 0 Å². The Hall–Kier alpha value is -4.95. The van der Waals surface area contributed by atoms with Gasteiger partial charge in [0.25, 0.3) is 0 Å². The predicted octanol–water partition coefficient (Wildman–Crippen LogP) is 9.38. The number of aryl methyl sites for hydroxylation is 2. The third-order valence-electron chi connectivity index (χ3n) is 8.90. The molecule has 2 heteroatoms. The fraction of sp³-hybridized carbons (Fsp3) is 0.0541. The van der Waals surface area contributed by atoms with Crippen molar-refractivity contribution in [2.24, 2.45) is 7.05 Å². The maximum Gasteiger partial charge on any atom is 0.224 e. The molecule has 0 fully saturated rings. The highest BCUT2D eigenvalue weighted by Crippen LogP contribution is 2.58. The minimum atomic E-state index is 1.22. The van der Waals surface area contributed by atoms with E-state index < -0.39 is 0 Å². The van der Waals surface area contributed by atoms with Crippen molar-refractivity contribution in [2.45, 2.75) is 6.92 Å². The molecular formula is C37H25N2+. The van der Waals surface area contributed by atoms with Crippen LogP contribution in [0.2, 0.25) is 0 Å². The third kappa shape index (κ3) is 2.58. The second-order valence-electron chi connectivity index (χ2n) is 10.9. The lowest BCUT2D eigenvalue weighted by molar-refractivity contribution is -0.659. The molecule has 0 aliphatic carbocycles. The summed E-state index contributed by atoms with van der Waals surface area (Å²) in [4.78, 5) is 2.56. The van der Waals surface area contributed by atoms with Gasteiger partial charge in [0.15, 0.2) is 6.20 Å². The van der Waals surface area contributed by atoms with Gasteiger partial charge in [-0.25, -0.2) is 4.57 Å². The molecule has 0 atom stereocenters. The minimum Gasteiger partial charge on any atom is -0.307 e. The van der Waals surface area contributed by atoms with Crippen molar-refractivity contribution >= 4 is 49.4 Å². The number of rotatable bonds is 0. The first-order valence-corrected chi connectivity index (χ1v) is 13.6. The van der Waals surface area contributed by atoms with Crippen LogP contribution in [0.15, 0.2) is 115 Å². The standard InChI is InChI=1S/C37H25N2/c1-22-26-12-4-3-9-25(26)21-32-33(22)37-35-24(19-20-38(37)2)17-18-30-29-15-8-11-23-10-7-14-28(34(23)29)27-13-5-6-16-31(27)39(32)36(30)35/h3-21H,1-2H3/q+1. The van der Waals surface area contributed by atoms with Crippen LogP contribution in [0.5, 0.6) is 0 Å². The Balaban J connectivity index is 1.60. The molecule has 0 N–H and O–H groups in total. The Morgan fingerprint density at radius 1 is 0.564 bits per heavy atom. The fourth-order valence-corrected chi connectivity index (χ4v) is 7.23. The molecule has 1 aromatic heterocycles. The van der Waals surface area contributed by atoms with Gasteiger partial charge in [-0.2, -0.15) is 0 Å². The van der Waals surface area contributed by atoms with Crippen molar-refractivity contribution < 1.29 is 4.57 Å². The summed E-state index contributed by atoms with van der Waals surface area (Å²) in [5, 5.41) is 7.76. The smallest absolute Gasteiger partial charge is 0.224 e. The Morgan fingerprint density at radius 2 is 1.26 bits per heavy atom. The monoisotopic (exact) mass is 497 g/mol. The van der Waals surface area contributed by atoms with Crippen LogP contribution in [0.3, 0.4) is 0 Å². The van der Waals surface area contributed by atoms with E-state index in [1.807, 2.05) is 0 Å². The molecule has 9 rings (SSSR count). The van der Waals surface area contributed by atoms with Crippen LogP contribution in [0.4, 0.5) is 17.1 Å². The highest BCUT2D eigenvalue weighted by Gasteiger charge is 2.37. The fourth-order valence-electron chi connectivity index (χ4n) is 7.23. The number of fused-ring (bicyclic) bond motifs is 8. The van der Waals surface area contributed by atoms with Crippen LogP contribution < -0.4 is 9.47 Å². The highest BCUT2D eigenvalue weighted by molar-refractivity contribution is 6.22. The Labute approximate surface area is 227 Å². The molecule has 7 aromatic rings. The number of hydrogen-bond donors (Lipinski definition) is 0. The molecule has 2 aliphatic heterocycles. The lowest BCUT2D eigenvalue weighted by Crippen LogP contribution is -2.33. The van der Waals surface area contributed by atoms with E-state index in [1.54, 1.807) is 0 Å². The maximum atomic E-state index is 2.56. The molecule has 2 aliphatic rings. The Bertz CT molecular complexity index is 2200. The summed E-state index contributed by atoms with van der Waals surface area (Å²) in [6.45, 7) is 2.29. The number of hydrogen-bond acceptors (Lipinski definition) is 1. The second kappa shape index (κ2) is 7.33. The average molecular weight is 498 g/mol. The van der Waals surface area contributed by atoms with Gasteiger partial charge >= 0.3 is 0 Å². The van der Waals surface area contributed by atoms with Gasteiger partial charge in [-0.1, -0.05) is 91.0 Å². The first-order chi connectivity index (χ1) is 19.2. The van der Waals surface area contributed by atoms with Crippen molar-refractivity contribution in [3.63, 3.8) is 0 Å². The molecular weight excluding hydrogens is 472 g/mol. The topological polar surface area (TPSA) is 7.12 Å².